The molecule has 10 heteroatoms. The van der Waals surface area contributed by atoms with E-state index in [1.54, 1.807) is 30.3 Å². The van der Waals surface area contributed by atoms with Gasteiger partial charge in [-0.05, 0) is 18.2 Å². The lowest BCUT2D eigenvalue weighted by Gasteiger charge is -2.02. The first-order valence-corrected chi connectivity index (χ1v) is 7.61. The van der Waals surface area contributed by atoms with Crippen molar-refractivity contribution in [1.29, 1.82) is 0 Å². The molecule has 0 amide bonds. The van der Waals surface area contributed by atoms with E-state index in [0.717, 1.165) is 12.1 Å². The molecule has 2 aromatic carbocycles. The standard InChI is InChI=1S/C17H10N4O6/c22-14-7-10(6-13(15(14)23)21(25)26)17-18-16(19-27-17)11-5-9-3-1-2-4-12(9)20(24)8-11/h1-8,22-23H. The van der Waals surface area contributed by atoms with Crippen LogP contribution < -0.4 is 4.73 Å². The van der Waals surface area contributed by atoms with Crippen molar-refractivity contribution < 1.29 is 24.4 Å². The third kappa shape index (κ3) is 2.74. The molecule has 0 bridgehead atoms. The average molecular weight is 366 g/mol. The van der Waals surface area contributed by atoms with Gasteiger partial charge in [-0.15, -0.1) is 0 Å². The third-order valence-corrected chi connectivity index (χ3v) is 3.94. The molecule has 0 aliphatic carbocycles. The van der Waals surface area contributed by atoms with Gasteiger partial charge in [0.1, 0.15) is 0 Å². The smallest absolute Gasteiger partial charge is 0.315 e. The van der Waals surface area contributed by atoms with Crippen molar-refractivity contribution in [3.63, 3.8) is 0 Å². The van der Waals surface area contributed by atoms with Crippen molar-refractivity contribution in [2.45, 2.75) is 0 Å². The van der Waals surface area contributed by atoms with E-state index in [9.17, 15) is 25.5 Å². The summed E-state index contributed by atoms with van der Waals surface area (Å²) in [4.78, 5) is 14.3. The van der Waals surface area contributed by atoms with Gasteiger partial charge in [-0.25, -0.2) is 0 Å². The van der Waals surface area contributed by atoms with E-state index in [4.69, 9.17) is 4.52 Å². The molecular formula is C17H10N4O6. The number of fused-ring (bicyclic) bond motifs is 1. The van der Waals surface area contributed by atoms with Crippen molar-refractivity contribution >= 4 is 16.6 Å². The Morgan fingerprint density at radius 3 is 2.67 bits per heavy atom. The Bertz CT molecular complexity index is 1200. The van der Waals surface area contributed by atoms with Crippen LogP contribution in [0.25, 0.3) is 33.7 Å². The molecule has 27 heavy (non-hydrogen) atoms. The van der Waals surface area contributed by atoms with Crippen LogP contribution in [0.5, 0.6) is 11.5 Å². The van der Waals surface area contributed by atoms with Gasteiger partial charge in [-0.1, -0.05) is 17.3 Å². The number of aromatic nitrogens is 3. The molecule has 4 aromatic rings. The van der Waals surface area contributed by atoms with E-state index in [1.807, 2.05) is 0 Å². The number of pyridine rings is 1. The second-order valence-electron chi connectivity index (χ2n) is 5.66. The zero-order chi connectivity index (χ0) is 19.1. The molecule has 10 nitrogen and oxygen atoms in total. The molecule has 2 N–H and O–H groups in total. The van der Waals surface area contributed by atoms with Crippen molar-refractivity contribution in [2.24, 2.45) is 0 Å². The predicted molar refractivity (Wildman–Crippen MR) is 91.6 cm³/mol. The number of hydrogen-bond acceptors (Lipinski definition) is 8. The fourth-order valence-corrected chi connectivity index (χ4v) is 2.66. The summed E-state index contributed by atoms with van der Waals surface area (Å²) in [5.41, 5.74) is 0.208. The number of nitro groups is 1. The van der Waals surface area contributed by atoms with Crippen LogP contribution in [-0.2, 0) is 0 Å². The molecule has 134 valence electrons. The SMILES string of the molecule is O=[N+]([O-])c1cc(-c2nc(-c3cc4ccccc4[n+]([O-])c3)no2)cc(O)c1O. The fourth-order valence-electron chi connectivity index (χ4n) is 2.66. The molecule has 0 radical (unpaired) electrons. The average Bonchev–Trinajstić information content (AvgIpc) is 3.14. The number of para-hydroxylation sites is 1. The van der Waals surface area contributed by atoms with E-state index in [1.165, 1.54) is 6.20 Å². The summed E-state index contributed by atoms with van der Waals surface area (Å²) in [5, 5.41) is 46.8. The van der Waals surface area contributed by atoms with E-state index in [0.29, 0.717) is 21.2 Å². The van der Waals surface area contributed by atoms with E-state index < -0.39 is 22.1 Å². The molecule has 0 fully saturated rings. The highest BCUT2D eigenvalue weighted by molar-refractivity contribution is 5.79. The molecule has 0 atom stereocenters. The lowest BCUT2D eigenvalue weighted by atomic mass is 10.1. The largest absolute Gasteiger partial charge is 0.618 e. The molecule has 4 rings (SSSR count). The minimum absolute atomic E-state index is 0.0477. The summed E-state index contributed by atoms with van der Waals surface area (Å²) in [6.45, 7) is 0. The van der Waals surface area contributed by atoms with Gasteiger partial charge >= 0.3 is 5.69 Å². The fraction of sp³-hybridized carbons (Fsp3) is 0. The highest BCUT2D eigenvalue weighted by atomic mass is 16.6. The lowest BCUT2D eigenvalue weighted by Crippen LogP contribution is -2.26. The van der Waals surface area contributed by atoms with Crippen molar-refractivity contribution in [2.75, 3.05) is 0 Å². The van der Waals surface area contributed by atoms with E-state index in [-0.39, 0.29) is 17.3 Å². The topological polar surface area (TPSA) is 149 Å². The molecule has 0 aliphatic heterocycles. The van der Waals surface area contributed by atoms with Gasteiger partial charge in [-0.2, -0.15) is 9.71 Å². The first-order chi connectivity index (χ1) is 12.9. The van der Waals surface area contributed by atoms with E-state index >= 15 is 0 Å². The second kappa shape index (κ2) is 5.95. The number of phenolic OH excluding ortho intramolecular Hbond substituents is 2. The Hall–Kier alpha value is -4.21. The molecule has 0 saturated heterocycles. The zero-order valence-corrected chi connectivity index (χ0v) is 13.4. The Morgan fingerprint density at radius 1 is 1.11 bits per heavy atom. The number of phenols is 2. The van der Waals surface area contributed by atoms with Crippen LogP contribution in [0.4, 0.5) is 5.69 Å². The molecule has 0 saturated carbocycles. The quantitative estimate of drug-likeness (QED) is 0.185. The van der Waals surface area contributed by atoms with Crippen molar-refractivity contribution in [1.82, 2.24) is 10.1 Å². The highest BCUT2D eigenvalue weighted by Crippen LogP contribution is 2.39. The number of hydrogen-bond donors (Lipinski definition) is 2. The second-order valence-corrected chi connectivity index (χ2v) is 5.66. The minimum atomic E-state index is -0.856. The summed E-state index contributed by atoms with van der Waals surface area (Å²) >= 11 is 0. The molecule has 2 aromatic heterocycles. The van der Waals surface area contributed by atoms with Crippen LogP contribution in [0.3, 0.4) is 0 Å². The van der Waals surface area contributed by atoms with Gasteiger partial charge in [0.15, 0.2) is 11.9 Å². The van der Waals surface area contributed by atoms with Crippen LogP contribution in [0.1, 0.15) is 0 Å². The number of rotatable bonds is 3. The first-order valence-electron chi connectivity index (χ1n) is 7.61. The minimum Gasteiger partial charge on any atom is -0.618 e. The zero-order valence-electron chi connectivity index (χ0n) is 13.4. The van der Waals surface area contributed by atoms with Crippen LogP contribution >= 0.6 is 0 Å². The summed E-state index contributed by atoms with van der Waals surface area (Å²) < 4.78 is 5.78. The highest BCUT2D eigenvalue weighted by Gasteiger charge is 2.22. The predicted octanol–water partition coefficient (Wildman–Crippen LogP) is 2.51. The summed E-state index contributed by atoms with van der Waals surface area (Å²) in [6.07, 6.45) is 1.29. The van der Waals surface area contributed by atoms with Gasteiger partial charge in [0.2, 0.25) is 17.1 Å². The van der Waals surface area contributed by atoms with E-state index in [2.05, 4.69) is 10.1 Å². The van der Waals surface area contributed by atoms with Gasteiger partial charge in [0.25, 0.3) is 5.89 Å². The molecule has 0 spiro atoms. The summed E-state index contributed by atoms with van der Waals surface area (Å²) in [5.74, 6) is -1.57. The number of nitrogens with zero attached hydrogens (tertiary/aromatic N) is 4. The summed E-state index contributed by atoms with van der Waals surface area (Å²) in [7, 11) is 0. The van der Waals surface area contributed by atoms with Gasteiger partial charge in [0, 0.05) is 17.5 Å². The summed E-state index contributed by atoms with van der Waals surface area (Å²) in [6, 6.07) is 10.7. The normalized spacial score (nSPS) is 11.0. The molecule has 0 unspecified atom stereocenters. The maximum absolute atomic E-state index is 12.1. The first kappa shape index (κ1) is 16.3. The Labute approximate surface area is 150 Å². The Kier molecular flexibility index (Phi) is 3.58. The Morgan fingerprint density at radius 2 is 1.89 bits per heavy atom. The van der Waals surface area contributed by atoms with Gasteiger partial charge in [-0.3, -0.25) is 10.1 Å². The van der Waals surface area contributed by atoms with Crippen LogP contribution in [0.2, 0.25) is 0 Å². The lowest BCUT2D eigenvalue weighted by molar-refractivity contribution is -0.576. The maximum atomic E-state index is 12.1. The van der Waals surface area contributed by atoms with Crippen LogP contribution in [0, 0.1) is 15.3 Å². The number of aromatic hydroxyl groups is 2. The van der Waals surface area contributed by atoms with Gasteiger partial charge in [0.05, 0.1) is 16.1 Å². The van der Waals surface area contributed by atoms with Crippen molar-refractivity contribution in [3.05, 3.63) is 64.0 Å². The third-order valence-electron chi connectivity index (χ3n) is 3.94. The number of nitro benzene ring substituents is 1. The maximum Gasteiger partial charge on any atom is 0.315 e. The molecule has 2 heterocycles. The van der Waals surface area contributed by atoms with Gasteiger partial charge < -0.3 is 19.9 Å². The molecule has 0 aliphatic rings. The van der Waals surface area contributed by atoms with Crippen LogP contribution in [-0.4, -0.2) is 25.3 Å². The monoisotopic (exact) mass is 366 g/mol. The molecular weight excluding hydrogens is 356 g/mol. The van der Waals surface area contributed by atoms with Crippen molar-refractivity contribution in [3.8, 4) is 34.3 Å². The Balaban J connectivity index is 1.80. The van der Waals surface area contributed by atoms with Crippen LogP contribution in [0.15, 0.2) is 53.2 Å². The number of benzene rings is 2.